The zero-order valence-corrected chi connectivity index (χ0v) is 17.0. The number of aromatic nitrogens is 3. The van der Waals surface area contributed by atoms with Gasteiger partial charge in [-0.1, -0.05) is 18.2 Å². The van der Waals surface area contributed by atoms with E-state index in [2.05, 4.69) is 41.3 Å². The van der Waals surface area contributed by atoms with E-state index in [4.69, 9.17) is 0 Å². The lowest BCUT2D eigenvalue weighted by molar-refractivity contribution is 0.0654. The van der Waals surface area contributed by atoms with E-state index in [9.17, 15) is 13.6 Å². The normalized spacial score (nSPS) is 16.2. The molecule has 7 heteroatoms. The molecule has 2 heterocycles. The van der Waals surface area contributed by atoms with Gasteiger partial charge in [-0.25, -0.2) is 18.7 Å². The van der Waals surface area contributed by atoms with Crippen LogP contribution in [0.25, 0.3) is 10.9 Å². The fourth-order valence-electron chi connectivity index (χ4n) is 3.90. The maximum Gasteiger partial charge on any atom is 0.261 e. The summed E-state index contributed by atoms with van der Waals surface area (Å²) in [6.07, 6.45) is -0.502. The lowest BCUT2D eigenvalue weighted by Crippen LogP contribution is -2.35. The Bertz CT molecular complexity index is 1150. The van der Waals surface area contributed by atoms with Crippen LogP contribution in [0.4, 0.5) is 14.6 Å². The first-order valence-corrected chi connectivity index (χ1v) is 9.75. The van der Waals surface area contributed by atoms with Crippen LogP contribution in [0.3, 0.4) is 0 Å². The van der Waals surface area contributed by atoms with Crippen molar-refractivity contribution in [1.82, 2.24) is 14.5 Å². The molecule has 1 aromatic carbocycles. The van der Waals surface area contributed by atoms with Crippen molar-refractivity contribution < 1.29 is 8.78 Å². The van der Waals surface area contributed by atoms with Crippen LogP contribution in [0.15, 0.2) is 35.3 Å². The van der Waals surface area contributed by atoms with Crippen LogP contribution in [-0.4, -0.2) is 21.0 Å². The van der Waals surface area contributed by atoms with Crippen molar-refractivity contribution in [1.29, 1.82) is 0 Å². The fourth-order valence-corrected chi connectivity index (χ4v) is 3.90. The number of nitrogens with one attached hydrogen (secondary N) is 1. The number of hydrogen-bond acceptors (Lipinski definition) is 4. The summed E-state index contributed by atoms with van der Waals surface area (Å²) in [7, 11) is 0. The molecular weight excluding hydrogens is 374 g/mol. The van der Waals surface area contributed by atoms with Crippen LogP contribution in [-0.2, 0) is 5.54 Å². The van der Waals surface area contributed by atoms with Crippen molar-refractivity contribution in [3.63, 3.8) is 0 Å². The van der Waals surface area contributed by atoms with E-state index < -0.39 is 17.5 Å². The minimum Gasteiger partial charge on any atom is -0.363 e. The van der Waals surface area contributed by atoms with Gasteiger partial charge in [0.25, 0.3) is 12.0 Å². The van der Waals surface area contributed by atoms with Crippen molar-refractivity contribution in [3.8, 4) is 0 Å². The number of benzene rings is 1. The highest BCUT2D eigenvalue weighted by molar-refractivity contribution is 5.88. The molecular formula is C22H24F2N4O. The summed E-state index contributed by atoms with van der Waals surface area (Å²) in [5, 5.41) is 3.97. The number of pyridine rings is 1. The molecule has 0 radical (unpaired) electrons. The Morgan fingerprint density at radius 2 is 1.90 bits per heavy atom. The van der Waals surface area contributed by atoms with E-state index in [1.165, 1.54) is 28.0 Å². The number of nitrogens with zero attached hydrogens (tertiary/aromatic N) is 3. The van der Waals surface area contributed by atoms with Gasteiger partial charge in [0.2, 0.25) is 0 Å². The number of anilines is 1. The number of halogens is 2. The SMILES string of the molecule is Cc1nc(N[C@H](C)c2cccc(C)c2C)c2cn(C3(C(F)F)CC3)c(=O)cc2n1. The molecule has 1 N–H and O–H groups in total. The topological polar surface area (TPSA) is 59.8 Å². The summed E-state index contributed by atoms with van der Waals surface area (Å²) in [4.78, 5) is 21.4. The number of fused-ring (bicyclic) bond motifs is 1. The highest BCUT2D eigenvalue weighted by Gasteiger charge is 2.53. The first-order valence-electron chi connectivity index (χ1n) is 9.75. The van der Waals surface area contributed by atoms with Crippen LogP contribution in [0.2, 0.25) is 0 Å². The van der Waals surface area contributed by atoms with Crippen LogP contribution in [0.1, 0.15) is 48.3 Å². The van der Waals surface area contributed by atoms with Gasteiger partial charge < -0.3 is 9.88 Å². The van der Waals surface area contributed by atoms with Crippen molar-refractivity contribution in [2.45, 2.75) is 58.5 Å². The monoisotopic (exact) mass is 398 g/mol. The second-order valence-electron chi connectivity index (χ2n) is 7.96. The van der Waals surface area contributed by atoms with E-state index in [-0.39, 0.29) is 6.04 Å². The summed E-state index contributed by atoms with van der Waals surface area (Å²) in [6.45, 7) is 7.92. The quantitative estimate of drug-likeness (QED) is 0.680. The van der Waals surface area contributed by atoms with Gasteiger partial charge in [-0.05, 0) is 57.2 Å². The first kappa shape index (κ1) is 19.5. The summed E-state index contributed by atoms with van der Waals surface area (Å²) in [5.41, 5.74) is 2.12. The number of rotatable bonds is 5. The van der Waals surface area contributed by atoms with Crippen LogP contribution in [0, 0.1) is 20.8 Å². The average Bonchev–Trinajstić information content (AvgIpc) is 3.45. The van der Waals surface area contributed by atoms with Gasteiger partial charge in [0.05, 0.1) is 16.9 Å². The minimum atomic E-state index is -2.59. The van der Waals surface area contributed by atoms with Crippen LogP contribution in [0.5, 0.6) is 0 Å². The largest absolute Gasteiger partial charge is 0.363 e. The van der Waals surface area contributed by atoms with E-state index in [1.54, 1.807) is 6.92 Å². The summed E-state index contributed by atoms with van der Waals surface area (Å²) < 4.78 is 28.4. The summed E-state index contributed by atoms with van der Waals surface area (Å²) >= 11 is 0. The third-order valence-electron chi connectivity index (χ3n) is 5.96. The zero-order valence-electron chi connectivity index (χ0n) is 17.0. The van der Waals surface area contributed by atoms with Gasteiger partial charge in [0.1, 0.15) is 17.2 Å². The number of aryl methyl sites for hydroxylation is 2. The second kappa shape index (κ2) is 6.90. The molecule has 152 valence electrons. The molecule has 0 unspecified atom stereocenters. The maximum absolute atomic E-state index is 13.6. The highest BCUT2D eigenvalue weighted by atomic mass is 19.3. The predicted molar refractivity (Wildman–Crippen MR) is 110 cm³/mol. The molecule has 1 atom stereocenters. The predicted octanol–water partition coefficient (Wildman–Crippen LogP) is 4.64. The van der Waals surface area contributed by atoms with Crippen LogP contribution >= 0.6 is 0 Å². The minimum absolute atomic E-state index is 0.0576. The first-order chi connectivity index (χ1) is 13.7. The van der Waals surface area contributed by atoms with E-state index in [0.29, 0.717) is 35.4 Å². The van der Waals surface area contributed by atoms with E-state index in [1.807, 2.05) is 13.0 Å². The Hall–Kier alpha value is -2.83. The zero-order chi connectivity index (χ0) is 20.9. The molecule has 1 aliphatic rings. The summed E-state index contributed by atoms with van der Waals surface area (Å²) in [5.74, 6) is 1.06. The maximum atomic E-state index is 13.6. The Kier molecular flexibility index (Phi) is 4.63. The van der Waals surface area contributed by atoms with Crippen molar-refractivity contribution in [2.24, 2.45) is 0 Å². The third-order valence-corrected chi connectivity index (χ3v) is 5.96. The van der Waals surface area contributed by atoms with Crippen LogP contribution < -0.4 is 10.9 Å². The van der Waals surface area contributed by atoms with Gasteiger partial charge in [-0.3, -0.25) is 4.79 Å². The van der Waals surface area contributed by atoms with Crippen molar-refractivity contribution in [2.75, 3.05) is 5.32 Å². The summed E-state index contributed by atoms with van der Waals surface area (Å²) in [6, 6.07) is 7.41. The Morgan fingerprint density at radius 3 is 2.55 bits per heavy atom. The lowest BCUT2D eigenvalue weighted by atomic mass is 9.98. The van der Waals surface area contributed by atoms with E-state index >= 15 is 0 Å². The molecule has 0 saturated heterocycles. The molecule has 0 amide bonds. The Morgan fingerprint density at radius 1 is 1.17 bits per heavy atom. The molecule has 1 saturated carbocycles. The number of alkyl halides is 2. The molecule has 2 aromatic heterocycles. The standard InChI is InChI=1S/C22H24F2N4O/c1-12-6-5-7-16(13(12)2)14(3)25-20-17-11-28(22(8-9-22)21(23)24)19(29)10-18(17)26-15(4)27-20/h5-7,10-11,14,21H,8-9H2,1-4H3,(H,25,26,27)/t14-/m1/s1. The molecule has 0 bridgehead atoms. The highest BCUT2D eigenvalue weighted by Crippen LogP contribution is 2.48. The van der Waals surface area contributed by atoms with E-state index in [0.717, 1.165) is 5.56 Å². The van der Waals surface area contributed by atoms with Gasteiger partial charge in [0, 0.05) is 12.3 Å². The molecule has 4 rings (SSSR count). The molecule has 3 aromatic rings. The third kappa shape index (κ3) is 3.28. The Labute approximate surface area is 167 Å². The van der Waals surface area contributed by atoms with Gasteiger partial charge in [0.15, 0.2) is 0 Å². The lowest BCUT2D eigenvalue weighted by Gasteiger charge is -2.21. The molecule has 5 nitrogen and oxygen atoms in total. The molecule has 1 fully saturated rings. The molecule has 1 aliphatic carbocycles. The smallest absolute Gasteiger partial charge is 0.261 e. The molecule has 0 spiro atoms. The Balaban J connectivity index is 1.82. The fraction of sp³-hybridized carbons (Fsp3) is 0.409. The average molecular weight is 398 g/mol. The molecule has 29 heavy (non-hydrogen) atoms. The van der Waals surface area contributed by atoms with Crippen molar-refractivity contribution in [3.05, 3.63) is 63.3 Å². The number of hydrogen-bond donors (Lipinski definition) is 1. The second-order valence-corrected chi connectivity index (χ2v) is 7.96. The van der Waals surface area contributed by atoms with Crippen molar-refractivity contribution >= 4 is 16.7 Å². The van der Waals surface area contributed by atoms with Gasteiger partial charge in [-0.2, -0.15) is 0 Å². The molecule has 0 aliphatic heterocycles. The van der Waals surface area contributed by atoms with Gasteiger partial charge >= 0.3 is 0 Å². The van der Waals surface area contributed by atoms with Gasteiger partial charge in [-0.15, -0.1) is 0 Å².